The summed E-state index contributed by atoms with van der Waals surface area (Å²) < 4.78 is 5.37. The van der Waals surface area contributed by atoms with Crippen molar-refractivity contribution < 1.29 is 14.3 Å². The maximum absolute atomic E-state index is 12.2. The van der Waals surface area contributed by atoms with Crippen molar-refractivity contribution in [2.75, 3.05) is 5.73 Å². The summed E-state index contributed by atoms with van der Waals surface area (Å²) in [5.41, 5.74) is 8.68. The highest BCUT2D eigenvalue weighted by Gasteiger charge is 2.24. The van der Waals surface area contributed by atoms with Crippen LogP contribution in [-0.4, -0.2) is 17.9 Å². The highest BCUT2D eigenvalue weighted by Crippen LogP contribution is 2.29. The molecule has 0 saturated heterocycles. The van der Waals surface area contributed by atoms with Crippen molar-refractivity contribution in [2.24, 2.45) is 0 Å². The lowest BCUT2D eigenvalue weighted by Gasteiger charge is -2.22. The highest BCUT2D eigenvalue weighted by atomic mass is 16.6. The van der Waals surface area contributed by atoms with Gasteiger partial charge in [-0.05, 0) is 58.2 Å². The van der Waals surface area contributed by atoms with Crippen molar-refractivity contribution in [1.82, 2.24) is 0 Å². The van der Waals surface area contributed by atoms with Gasteiger partial charge < -0.3 is 10.5 Å². The number of anilines is 1. The van der Waals surface area contributed by atoms with Crippen LogP contribution in [0.2, 0.25) is 0 Å². The smallest absolute Gasteiger partial charge is 0.339 e. The van der Waals surface area contributed by atoms with E-state index in [1.807, 2.05) is 0 Å². The van der Waals surface area contributed by atoms with Crippen LogP contribution in [0.25, 0.3) is 0 Å². The lowest BCUT2D eigenvalue weighted by atomic mass is 9.92. The summed E-state index contributed by atoms with van der Waals surface area (Å²) in [5, 5.41) is 0. The van der Waals surface area contributed by atoms with Gasteiger partial charge in [0.25, 0.3) is 0 Å². The summed E-state index contributed by atoms with van der Waals surface area (Å²) >= 11 is 0. The molecule has 104 valence electrons. The van der Waals surface area contributed by atoms with Crippen molar-refractivity contribution in [3.63, 3.8) is 0 Å². The molecule has 0 saturated carbocycles. The molecular weight excluding hydrogens is 242 g/mol. The molecule has 4 heteroatoms. The third-order valence-corrected chi connectivity index (χ3v) is 3.09. The van der Waals surface area contributed by atoms with Gasteiger partial charge in [0.1, 0.15) is 5.60 Å². The second-order valence-electron chi connectivity index (χ2n) is 5.70. The molecule has 0 spiro atoms. The number of hydrogen-bond donors (Lipinski definition) is 1. The largest absolute Gasteiger partial charge is 0.456 e. The number of carbonyl (C=O) groups excluding carboxylic acids is 2. The number of hydrogen-bond acceptors (Lipinski definition) is 4. The normalized spacial score (nSPS) is 11.3. The van der Waals surface area contributed by atoms with Crippen molar-refractivity contribution in [3.05, 3.63) is 27.8 Å². The molecule has 2 N–H and O–H groups in total. The van der Waals surface area contributed by atoms with Gasteiger partial charge in [0, 0.05) is 11.3 Å². The SMILES string of the molecule is Cc1c(N)c(C)c(C(=O)OC(C)(C)C)c(C)c1C=O. The summed E-state index contributed by atoms with van der Waals surface area (Å²) in [5.74, 6) is -0.447. The standard InChI is InChI=1S/C15H21NO3/c1-8-11(7-17)9(2)13(16)10(3)12(8)14(18)19-15(4,5)6/h7H,16H2,1-6H3. The van der Waals surface area contributed by atoms with E-state index in [1.54, 1.807) is 41.5 Å². The van der Waals surface area contributed by atoms with E-state index in [1.165, 1.54) is 0 Å². The third kappa shape index (κ3) is 2.95. The molecule has 1 aromatic rings. The zero-order valence-corrected chi connectivity index (χ0v) is 12.4. The van der Waals surface area contributed by atoms with Crippen molar-refractivity contribution in [1.29, 1.82) is 0 Å². The summed E-state index contributed by atoms with van der Waals surface area (Å²) in [6.07, 6.45) is 0.730. The van der Waals surface area contributed by atoms with Crippen LogP contribution in [0, 0.1) is 20.8 Å². The summed E-state index contributed by atoms with van der Waals surface area (Å²) in [6, 6.07) is 0. The fourth-order valence-corrected chi connectivity index (χ4v) is 2.07. The summed E-state index contributed by atoms with van der Waals surface area (Å²) in [4.78, 5) is 23.4. The zero-order chi connectivity index (χ0) is 15.0. The highest BCUT2D eigenvalue weighted by molar-refractivity contribution is 5.99. The van der Waals surface area contributed by atoms with Gasteiger partial charge in [-0.1, -0.05) is 0 Å². The quantitative estimate of drug-likeness (QED) is 0.506. The maximum atomic E-state index is 12.2. The van der Waals surface area contributed by atoms with Gasteiger partial charge in [-0.15, -0.1) is 0 Å². The van der Waals surface area contributed by atoms with E-state index in [2.05, 4.69) is 0 Å². The number of nitrogen functional groups attached to an aromatic ring is 1. The number of nitrogens with two attached hydrogens (primary N) is 1. The van der Waals surface area contributed by atoms with E-state index < -0.39 is 11.6 Å². The van der Waals surface area contributed by atoms with Gasteiger partial charge in [-0.2, -0.15) is 0 Å². The minimum Gasteiger partial charge on any atom is -0.456 e. The summed E-state index contributed by atoms with van der Waals surface area (Å²) in [6.45, 7) is 10.7. The Kier molecular flexibility index (Phi) is 4.03. The van der Waals surface area contributed by atoms with Crippen LogP contribution in [0.15, 0.2) is 0 Å². The number of rotatable bonds is 2. The Morgan fingerprint density at radius 1 is 1.11 bits per heavy atom. The molecular formula is C15H21NO3. The van der Waals surface area contributed by atoms with E-state index in [0.717, 1.165) is 6.29 Å². The molecule has 1 rings (SSSR count). The average Bonchev–Trinajstić information content (AvgIpc) is 2.24. The molecule has 0 aliphatic carbocycles. The third-order valence-electron chi connectivity index (χ3n) is 3.09. The molecule has 0 unspecified atom stereocenters. The number of carbonyl (C=O) groups is 2. The number of ether oxygens (including phenoxy) is 1. The molecule has 0 aliphatic heterocycles. The average molecular weight is 263 g/mol. The second-order valence-corrected chi connectivity index (χ2v) is 5.70. The maximum Gasteiger partial charge on any atom is 0.339 e. The number of aldehydes is 1. The number of benzene rings is 1. The molecule has 0 aliphatic rings. The van der Waals surface area contributed by atoms with Crippen LogP contribution >= 0.6 is 0 Å². The molecule has 0 heterocycles. The van der Waals surface area contributed by atoms with Gasteiger partial charge >= 0.3 is 5.97 Å². The topological polar surface area (TPSA) is 69.4 Å². The van der Waals surface area contributed by atoms with Gasteiger partial charge in [-0.25, -0.2) is 4.79 Å². The molecule has 0 amide bonds. The van der Waals surface area contributed by atoms with Gasteiger partial charge in [0.2, 0.25) is 0 Å². The first-order chi connectivity index (χ1) is 8.60. The monoisotopic (exact) mass is 263 g/mol. The van der Waals surface area contributed by atoms with E-state index in [0.29, 0.717) is 33.5 Å². The van der Waals surface area contributed by atoms with Crippen LogP contribution in [0.5, 0.6) is 0 Å². The molecule has 0 bridgehead atoms. The Bertz CT molecular complexity index is 540. The van der Waals surface area contributed by atoms with E-state index in [4.69, 9.17) is 10.5 Å². The van der Waals surface area contributed by atoms with Crippen molar-refractivity contribution >= 4 is 17.9 Å². The van der Waals surface area contributed by atoms with Gasteiger partial charge in [-0.3, -0.25) is 4.79 Å². The number of esters is 1. The summed E-state index contributed by atoms with van der Waals surface area (Å²) in [7, 11) is 0. The minimum atomic E-state index is -0.586. The van der Waals surface area contributed by atoms with Gasteiger partial charge in [0.15, 0.2) is 6.29 Å². The van der Waals surface area contributed by atoms with Crippen LogP contribution in [0.1, 0.15) is 58.2 Å². The Morgan fingerprint density at radius 3 is 2.05 bits per heavy atom. The predicted octanol–water partition coefficient (Wildman–Crippen LogP) is 2.96. The molecule has 0 aromatic heterocycles. The Morgan fingerprint density at radius 2 is 1.63 bits per heavy atom. The Hall–Kier alpha value is -1.84. The molecule has 0 atom stereocenters. The Labute approximate surface area is 113 Å². The lowest BCUT2D eigenvalue weighted by Crippen LogP contribution is -2.25. The van der Waals surface area contributed by atoms with Crippen LogP contribution in [0.4, 0.5) is 5.69 Å². The zero-order valence-electron chi connectivity index (χ0n) is 12.4. The fourth-order valence-electron chi connectivity index (χ4n) is 2.07. The van der Waals surface area contributed by atoms with E-state index >= 15 is 0 Å². The van der Waals surface area contributed by atoms with Crippen LogP contribution < -0.4 is 5.73 Å². The van der Waals surface area contributed by atoms with Crippen molar-refractivity contribution in [2.45, 2.75) is 47.1 Å². The second kappa shape index (κ2) is 5.03. The minimum absolute atomic E-state index is 0.389. The predicted molar refractivity (Wildman–Crippen MR) is 75.6 cm³/mol. The molecule has 1 aromatic carbocycles. The first kappa shape index (κ1) is 15.2. The molecule has 0 radical (unpaired) electrons. The Balaban J connectivity index is 3.48. The van der Waals surface area contributed by atoms with Crippen LogP contribution in [0.3, 0.4) is 0 Å². The van der Waals surface area contributed by atoms with Gasteiger partial charge in [0.05, 0.1) is 5.56 Å². The van der Waals surface area contributed by atoms with Crippen LogP contribution in [-0.2, 0) is 4.74 Å². The van der Waals surface area contributed by atoms with Crippen molar-refractivity contribution in [3.8, 4) is 0 Å². The lowest BCUT2D eigenvalue weighted by molar-refractivity contribution is 0.00680. The molecule has 19 heavy (non-hydrogen) atoms. The first-order valence-corrected chi connectivity index (χ1v) is 6.18. The first-order valence-electron chi connectivity index (χ1n) is 6.18. The van der Waals surface area contributed by atoms with E-state index in [-0.39, 0.29) is 0 Å². The molecule has 4 nitrogen and oxygen atoms in total. The molecule has 0 fully saturated rings. The fraction of sp³-hybridized carbons (Fsp3) is 0.467. The van der Waals surface area contributed by atoms with E-state index in [9.17, 15) is 9.59 Å².